The first-order chi connectivity index (χ1) is 8.19. The summed E-state index contributed by atoms with van der Waals surface area (Å²) in [5.74, 6) is -1.12. The van der Waals surface area contributed by atoms with Gasteiger partial charge in [0.15, 0.2) is 0 Å². The third-order valence-electron chi connectivity index (χ3n) is 2.76. The molecule has 3 heteroatoms. The molecule has 94 valence electrons. The van der Waals surface area contributed by atoms with Crippen molar-refractivity contribution in [2.75, 3.05) is 7.11 Å². The molecule has 0 fully saturated rings. The van der Waals surface area contributed by atoms with Crippen LogP contribution in [0.1, 0.15) is 48.5 Å². The lowest BCUT2D eigenvalue weighted by Gasteiger charge is -2.04. The van der Waals surface area contributed by atoms with Gasteiger partial charge in [0.05, 0.1) is 12.7 Å². The maximum absolute atomic E-state index is 13.6. The van der Waals surface area contributed by atoms with Crippen LogP contribution in [0.25, 0.3) is 0 Å². The fraction of sp³-hybridized carbons (Fsp3) is 0.500. The Balaban J connectivity index is 2.59. The molecule has 2 nitrogen and oxygen atoms in total. The van der Waals surface area contributed by atoms with Gasteiger partial charge >= 0.3 is 5.97 Å². The highest BCUT2D eigenvalue weighted by Gasteiger charge is 2.11. The summed E-state index contributed by atoms with van der Waals surface area (Å²) in [7, 11) is 1.25. The van der Waals surface area contributed by atoms with Gasteiger partial charge in [0, 0.05) is 0 Å². The second-order valence-corrected chi connectivity index (χ2v) is 4.12. The van der Waals surface area contributed by atoms with Crippen molar-refractivity contribution in [2.24, 2.45) is 0 Å². The predicted molar refractivity (Wildman–Crippen MR) is 65.6 cm³/mol. The highest BCUT2D eigenvalue weighted by atomic mass is 19.1. The highest BCUT2D eigenvalue weighted by molar-refractivity contribution is 5.89. The third kappa shape index (κ3) is 4.17. The minimum Gasteiger partial charge on any atom is -0.465 e. The molecule has 1 aromatic rings. The Labute approximate surface area is 102 Å². The number of halogens is 1. The van der Waals surface area contributed by atoms with Gasteiger partial charge in [-0.05, 0) is 30.5 Å². The van der Waals surface area contributed by atoms with Crippen molar-refractivity contribution in [3.05, 3.63) is 35.1 Å². The van der Waals surface area contributed by atoms with Gasteiger partial charge in [-0.15, -0.1) is 0 Å². The number of carbonyl (C=O) groups is 1. The summed E-state index contributed by atoms with van der Waals surface area (Å²) in [5, 5.41) is 0. The van der Waals surface area contributed by atoms with Crippen molar-refractivity contribution >= 4 is 5.97 Å². The van der Waals surface area contributed by atoms with E-state index in [4.69, 9.17) is 0 Å². The average molecular weight is 238 g/mol. The molecule has 0 atom stereocenters. The Bertz CT molecular complexity index is 374. The van der Waals surface area contributed by atoms with Crippen LogP contribution in [0.5, 0.6) is 0 Å². The molecule has 1 rings (SSSR count). The predicted octanol–water partition coefficient (Wildman–Crippen LogP) is 3.74. The molecule has 0 saturated carbocycles. The van der Waals surface area contributed by atoms with Crippen LogP contribution < -0.4 is 0 Å². The summed E-state index contributed by atoms with van der Waals surface area (Å²) >= 11 is 0. The second-order valence-electron chi connectivity index (χ2n) is 4.12. The lowest BCUT2D eigenvalue weighted by Crippen LogP contribution is -2.04. The molecule has 0 aliphatic carbocycles. The lowest BCUT2D eigenvalue weighted by molar-refractivity contribution is 0.0595. The molecule has 0 bridgehead atoms. The number of methoxy groups -OCH3 is 1. The molecule has 1 aromatic carbocycles. The van der Waals surface area contributed by atoms with Gasteiger partial charge in [-0.25, -0.2) is 9.18 Å². The van der Waals surface area contributed by atoms with Crippen molar-refractivity contribution in [3.63, 3.8) is 0 Å². The smallest absolute Gasteiger partial charge is 0.340 e. The Morgan fingerprint density at radius 3 is 2.65 bits per heavy atom. The first kappa shape index (κ1) is 13.7. The Morgan fingerprint density at radius 2 is 2.06 bits per heavy atom. The van der Waals surface area contributed by atoms with Gasteiger partial charge in [0.1, 0.15) is 5.82 Å². The Morgan fingerprint density at radius 1 is 1.29 bits per heavy atom. The average Bonchev–Trinajstić information content (AvgIpc) is 2.34. The number of unbranched alkanes of at least 4 members (excludes halogenated alkanes) is 3. The molecule has 0 aliphatic rings. The van der Waals surface area contributed by atoms with E-state index in [1.54, 1.807) is 6.07 Å². The first-order valence-electron chi connectivity index (χ1n) is 6.05. The number of hydrogen-bond donors (Lipinski definition) is 0. The summed E-state index contributed by atoms with van der Waals surface area (Å²) in [6, 6.07) is 4.72. The van der Waals surface area contributed by atoms with Crippen molar-refractivity contribution in [1.29, 1.82) is 0 Å². The number of aryl methyl sites for hydroxylation is 1. The van der Waals surface area contributed by atoms with Crippen LogP contribution in [-0.2, 0) is 11.2 Å². The number of esters is 1. The quantitative estimate of drug-likeness (QED) is 0.557. The van der Waals surface area contributed by atoms with Crippen molar-refractivity contribution in [2.45, 2.75) is 39.0 Å². The zero-order valence-corrected chi connectivity index (χ0v) is 10.5. The molecule has 0 spiro atoms. The molecular formula is C14H19FO2. The second kappa shape index (κ2) is 7.05. The lowest BCUT2D eigenvalue weighted by atomic mass is 10.0. The van der Waals surface area contributed by atoms with E-state index in [0.717, 1.165) is 24.8 Å². The van der Waals surface area contributed by atoms with Gasteiger partial charge in [-0.2, -0.15) is 0 Å². The normalized spacial score (nSPS) is 10.3. The van der Waals surface area contributed by atoms with Crippen LogP contribution in [0.3, 0.4) is 0 Å². The number of ether oxygens (including phenoxy) is 1. The highest BCUT2D eigenvalue weighted by Crippen LogP contribution is 2.14. The summed E-state index contributed by atoms with van der Waals surface area (Å²) in [6.07, 6.45) is 5.48. The van der Waals surface area contributed by atoms with E-state index in [2.05, 4.69) is 11.7 Å². The topological polar surface area (TPSA) is 26.3 Å². The van der Waals surface area contributed by atoms with Gasteiger partial charge in [0.2, 0.25) is 0 Å². The summed E-state index contributed by atoms with van der Waals surface area (Å²) in [6.45, 7) is 2.16. The first-order valence-corrected chi connectivity index (χ1v) is 6.05. The largest absolute Gasteiger partial charge is 0.465 e. The molecule has 0 amide bonds. The molecule has 17 heavy (non-hydrogen) atoms. The SMILES string of the molecule is CCCCCCc1ccc(C(=O)OC)c(F)c1. The van der Waals surface area contributed by atoms with Crippen LogP contribution in [0, 0.1) is 5.82 Å². The summed E-state index contributed by atoms with van der Waals surface area (Å²) in [4.78, 5) is 11.2. The van der Waals surface area contributed by atoms with E-state index in [9.17, 15) is 9.18 Å². The zero-order chi connectivity index (χ0) is 12.7. The van der Waals surface area contributed by atoms with E-state index in [0.29, 0.717) is 0 Å². The van der Waals surface area contributed by atoms with Crippen LogP contribution in [0.15, 0.2) is 18.2 Å². The van der Waals surface area contributed by atoms with Crippen molar-refractivity contribution in [3.8, 4) is 0 Å². The van der Waals surface area contributed by atoms with Crippen molar-refractivity contribution in [1.82, 2.24) is 0 Å². The number of benzene rings is 1. The molecule has 0 radical (unpaired) electrons. The van der Waals surface area contributed by atoms with Crippen LogP contribution >= 0.6 is 0 Å². The maximum atomic E-state index is 13.6. The standard InChI is InChI=1S/C14H19FO2/c1-3-4-5-6-7-11-8-9-12(13(15)10-11)14(16)17-2/h8-10H,3-7H2,1-2H3. The molecule has 0 saturated heterocycles. The number of rotatable bonds is 6. The number of carbonyl (C=O) groups excluding carboxylic acids is 1. The van der Waals surface area contributed by atoms with E-state index in [-0.39, 0.29) is 5.56 Å². The number of hydrogen-bond acceptors (Lipinski definition) is 2. The van der Waals surface area contributed by atoms with Crippen molar-refractivity contribution < 1.29 is 13.9 Å². The van der Waals surface area contributed by atoms with Gasteiger partial charge < -0.3 is 4.74 Å². The molecule has 0 heterocycles. The van der Waals surface area contributed by atoms with E-state index in [1.807, 2.05) is 0 Å². The summed E-state index contributed by atoms with van der Waals surface area (Å²) < 4.78 is 18.1. The summed E-state index contributed by atoms with van der Waals surface area (Å²) in [5.41, 5.74) is 0.941. The van der Waals surface area contributed by atoms with E-state index in [1.165, 1.54) is 32.1 Å². The fourth-order valence-corrected chi connectivity index (χ4v) is 1.75. The van der Waals surface area contributed by atoms with E-state index >= 15 is 0 Å². The third-order valence-corrected chi connectivity index (χ3v) is 2.76. The monoisotopic (exact) mass is 238 g/mol. The molecule has 0 N–H and O–H groups in total. The van der Waals surface area contributed by atoms with Crippen LogP contribution in [0.2, 0.25) is 0 Å². The Kier molecular flexibility index (Phi) is 5.67. The van der Waals surface area contributed by atoms with Gasteiger partial charge in [-0.3, -0.25) is 0 Å². The molecule has 0 aliphatic heterocycles. The minimum absolute atomic E-state index is 0.00445. The molecular weight excluding hydrogens is 219 g/mol. The van der Waals surface area contributed by atoms with E-state index < -0.39 is 11.8 Å². The minimum atomic E-state index is -0.625. The van der Waals surface area contributed by atoms with Gasteiger partial charge in [-0.1, -0.05) is 32.3 Å². The maximum Gasteiger partial charge on any atom is 0.340 e. The fourth-order valence-electron chi connectivity index (χ4n) is 1.75. The Hall–Kier alpha value is -1.38. The van der Waals surface area contributed by atoms with Gasteiger partial charge in [0.25, 0.3) is 0 Å². The zero-order valence-electron chi connectivity index (χ0n) is 10.5. The molecule has 0 aromatic heterocycles. The van der Waals surface area contributed by atoms with Crippen LogP contribution in [0.4, 0.5) is 4.39 Å². The van der Waals surface area contributed by atoms with Crippen LogP contribution in [-0.4, -0.2) is 13.1 Å². The molecule has 0 unspecified atom stereocenters.